The summed E-state index contributed by atoms with van der Waals surface area (Å²) in [6.45, 7) is 4.83. The number of carbonyl (C=O) groups is 1. The zero-order chi connectivity index (χ0) is 9.84. The van der Waals surface area contributed by atoms with Crippen molar-refractivity contribution in [1.82, 2.24) is 0 Å². The zero-order valence-corrected chi connectivity index (χ0v) is 8.53. The fraction of sp³-hybridized carbons (Fsp3) is 0.900. The van der Waals surface area contributed by atoms with E-state index in [1.165, 1.54) is 0 Å². The normalized spacial score (nSPS) is 36.1. The zero-order valence-electron chi connectivity index (χ0n) is 8.53. The van der Waals surface area contributed by atoms with Gasteiger partial charge in [0, 0.05) is 19.4 Å². The molecule has 0 amide bonds. The number of methoxy groups -OCH3 is 1. The van der Waals surface area contributed by atoms with E-state index in [0.29, 0.717) is 24.9 Å². The van der Waals surface area contributed by atoms with Crippen molar-refractivity contribution in [3.05, 3.63) is 0 Å². The van der Waals surface area contributed by atoms with E-state index in [-0.39, 0.29) is 12.2 Å². The summed E-state index contributed by atoms with van der Waals surface area (Å²) >= 11 is 0. The van der Waals surface area contributed by atoms with Crippen molar-refractivity contribution in [2.24, 2.45) is 11.8 Å². The Hall–Kier alpha value is -0.410. The molecule has 1 aliphatic rings. The smallest absolute Gasteiger partial charge is 0.120 e. The lowest BCUT2D eigenvalue weighted by molar-refractivity contribution is -0.109. The molecule has 3 heteroatoms. The van der Waals surface area contributed by atoms with Crippen LogP contribution in [0.3, 0.4) is 0 Å². The third-order valence-electron chi connectivity index (χ3n) is 2.89. The Morgan fingerprint density at radius 3 is 2.85 bits per heavy atom. The van der Waals surface area contributed by atoms with Crippen LogP contribution >= 0.6 is 0 Å². The van der Waals surface area contributed by atoms with E-state index < -0.39 is 0 Å². The first kappa shape index (κ1) is 10.7. The first-order chi connectivity index (χ1) is 6.20. The number of rotatable bonds is 4. The Morgan fingerprint density at radius 2 is 2.38 bits per heavy atom. The Kier molecular flexibility index (Phi) is 3.88. The van der Waals surface area contributed by atoms with Crippen molar-refractivity contribution in [3.8, 4) is 0 Å². The molecule has 0 aliphatic carbocycles. The second kappa shape index (κ2) is 4.72. The Morgan fingerprint density at radius 1 is 1.69 bits per heavy atom. The molecule has 0 saturated carbocycles. The number of ether oxygens (including phenoxy) is 2. The SMILES string of the molecule is COC1COC(C(C)CC=O)C1C. The van der Waals surface area contributed by atoms with Crippen LogP contribution in [-0.2, 0) is 14.3 Å². The van der Waals surface area contributed by atoms with E-state index in [4.69, 9.17) is 9.47 Å². The van der Waals surface area contributed by atoms with Gasteiger partial charge in [-0.15, -0.1) is 0 Å². The number of hydrogen-bond donors (Lipinski definition) is 0. The lowest BCUT2D eigenvalue weighted by Gasteiger charge is -2.22. The molecule has 0 aromatic carbocycles. The first-order valence-electron chi connectivity index (χ1n) is 4.78. The maximum absolute atomic E-state index is 10.3. The van der Waals surface area contributed by atoms with Crippen molar-refractivity contribution in [1.29, 1.82) is 0 Å². The van der Waals surface area contributed by atoms with E-state index in [1.807, 2.05) is 6.92 Å². The summed E-state index contributed by atoms with van der Waals surface area (Å²) in [6, 6.07) is 0. The molecule has 0 N–H and O–H groups in total. The number of aldehydes is 1. The van der Waals surface area contributed by atoms with Gasteiger partial charge in [-0.1, -0.05) is 13.8 Å². The van der Waals surface area contributed by atoms with Gasteiger partial charge in [0.1, 0.15) is 6.29 Å². The van der Waals surface area contributed by atoms with Crippen LogP contribution in [0.25, 0.3) is 0 Å². The molecule has 1 fully saturated rings. The second-order valence-electron chi connectivity index (χ2n) is 3.81. The van der Waals surface area contributed by atoms with E-state index in [0.717, 1.165) is 6.29 Å². The van der Waals surface area contributed by atoms with Crippen LogP contribution < -0.4 is 0 Å². The summed E-state index contributed by atoms with van der Waals surface area (Å²) in [5.41, 5.74) is 0. The highest BCUT2D eigenvalue weighted by Gasteiger charge is 2.36. The number of hydrogen-bond acceptors (Lipinski definition) is 3. The molecule has 4 atom stereocenters. The van der Waals surface area contributed by atoms with Crippen LogP contribution in [0.1, 0.15) is 20.3 Å². The highest BCUT2D eigenvalue weighted by Crippen LogP contribution is 2.29. The summed E-state index contributed by atoms with van der Waals surface area (Å²) in [4.78, 5) is 10.3. The second-order valence-corrected chi connectivity index (χ2v) is 3.81. The van der Waals surface area contributed by atoms with Gasteiger partial charge in [-0.25, -0.2) is 0 Å². The van der Waals surface area contributed by atoms with Crippen molar-refractivity contribution in [3.63, 3.8) is 0 Å². The minimum atomic E-state index is 0.176. The van der Waals surface area contributed by atoms with Crippen molar-refractivity contribution in [2.75, 3.05) is 13.7 Å². The van der Waals surface area contributed by atoms with E-state index in [1.54, 1.807) is 7.11 Å². The summed E-state index contributed by atoms with van der Waals surface area (Å²) in [7, 11) is 1.71. The van der Waals surface area contributed by atoms with E-state index >= 15 is 0 Å². The third kappa shape index (κ3) is 2.29. The number of carbonyl (C=O) groups excluding carboxylic acids is 1. The minimum Gasteiger partial charge on any atom is -0.379 e. The van der Waals surface area contributed by atoms with Gasteiger partial charge in [-0.3, -0.25) is 0 Å². The Labute approximate surface area is 79.4 Å². The molecule has 0 aromatic heterocycles. The molecule has 13 heavy (non-hydrogen) atoms. The quantitative estimate of drug-likeness (QED) is 0.620. The first-order valence-corrected chi connectivity index (χ1v) is 4.78. The highest BCUT2D eigenvalue weighted by molar-refractivity contribution is 5.49. The molecule has 0 bridgehead atoms. The summed E-state index contributed by atoms with van der Waals surface area (Å²) in [5.74, 6) is 0.688. The average molecular weight is 186 g/mol. The Bertz CT molecular complexity index is 170. The monoisotopic (exact) mass is 186 g/mol. The molecular formula is C10H18O3. The van der Waals surface area contributed by atoms with Crippen molar-refractivity contribution < 1.29 is 14.3 Å². The van der Waals surface area contributed by atoms with Crippen LogP contribution in [0.15, 0.2) is 0 Å². The molecular weight excluding hydrogens is 168 g/mol. The predicted molar refractivity (Wildman–Crippen MR) is 49.5 cm³/mol. The van der Waals surface area contributed by atoms with Crippen LogP contribution in [0.4, 0.5) is 0 Å². The van der Waals surface area contributed by atoms with Crippen LogP contribution in [0.5, 0.6) is 0 Å². The van der Waals surface area contributed by atoms with Crippen molar-refractivity contribution >= 4 is 6.29 Å². The molecule has 1 heterocycles. The minimum absolute atomic E-state index is 0.176. The van der Waals surface area contributed by atoms with Crippen LogP contribution in [0.2, 0.25) is 0 Å². The molecule has 4 unspecified atom stereocenters. The lowest BCUT2D eigenvalue weighted by atomic mass is 9.90. The van der Waals surface area contributed by atoms with Gasteiger partial charge in [-0.2, -0.15) is 0 Å². The van der Waals surface area contributed by atoms with Crippen molar-refractivity contribution in [2.45, 2.75) is 32.5 Å². The van der Waals surface area contributed by atoms with Gasteiger partial charge in [0.15, 0.2) is 0 Å². The summed E-state index contributed by atoms with van der Waals surface area (Å²) < 4.78 is 10.9. The fourth-order valence-electron chi connectivity index (χ4n) is 1.97. The molecule has 3 nitrogen and oxygen atoms in total. The standard InChI is InChI=1S/C10H18O3/c1-7(4-5-11)10-8(2)9(12-3)6-13-10/h5,7-10H,4,6H2,1-3H3. The van der Waals surface area contributed by atoms with Gasteiger partial charge >= 0.3 is 0 Å². The molecule has 76 valence electrons. The molecule has 0 spiro atoms. The lowest BCUT2D eigenvalue weighted by Crippen LogP contribution is -2.27. The molecule has 1 aliphatic heterocycles. The fourth-order valence-corrected chi connectivity index (χ4v) is 1.97. The highest BCUT2D eigenvalue weighted by atomic mass is 16.5. The predicted octanol–water partition coefficient (Wildman–Crippen LogP) is 1.26. The van der Waals surface area contributed by atoms with Gasteiger partial charge in [0.25, 0.3) is 0 Å². The molecule has 1 saturated heterocycles. The van der Waals surface area contributed by atoms with E-state index in [2.05, 4.69) is 6.92 Å². The molecule has 0 aromatic rings. The topological polar surface area (TPSA) is 35.5 Å². The Balaban J connectivity index is 2.48. The maximum atomic E-state index is 10.3. The average Bonchev–Trinajstić information content (AvgIpc) is 2.47. The van der Waals surface area contributed by atoms with Gasteiger partial charge in [0.2, 0.25) is 0 Å². The summed E-state index contributed by atoms with van der Waals surface area (Å²) in [6.07, 6.45) is 1.90. The van der Waals surface area contributed by atoms with E-state index in [9.17, 15) is 4.79 Å². The third-order valence-corrected chi connectivity index (χ3v) is 2.89. The largest absolute Gasteiger partial charge is 0.379 e. The van der Waals surface area contributed by atoms with Crippen LogP contribution in [-0.4, -0.2) is 32.2 Å². The maximum Gasteiger partial charge on any atom is 0.120 e. The summed E-state index contributed by atoms with van der Waals surface area (Å²) in [5, 5.41) is 0. The van der Waals surface area contributed by atoms with Gasteiger partial charge in [0.05, 0.1) is 18.8 Å². The molecule has 0 radical (unpaired) electrons. The van der Waals surface area contributed by atoms with Gasteiger partial charge < -0.3 is 14.3 Å². The van der Waals surface area contributed by atoms with Gasteiger partial charge in [-0.05, 0) is 5.92 Å². The van der Waals surface area contributed by atoms with Crippen LogP contribution in [0, 0.1) is 11.8 Å². The molecule has 1 rings (SSSR count).